The molecule has 0 spiro atoms. The SMILES string of the molecule is CCc1ncc(S(=O)(=O)N2CCCNc3ccccc32)[nH]1. The van der Waals surface area contributed by atoms with E-state index in [1.54, 1.807) is 0 Å². The molecule has 2 N–H and O–H groups in total. The van der Waals surface area contributed by atoms with Crippen LogP contribution in [0.3, 0.4) is 0 Å². The van der Waals surface area contributed by atoms with Crippen molar-refractivity contribution in [3.63, 3.8) is 0 Å². The van der Waals surface area contributed by atoms with Gasteiger partial charge in [0.1, 0.15) is 5.82 Å². The smallest absolute Gasteiger partial charge is 0.281 e. The first kappa shape index (κ1) is 13.9. The highest BCUT2D eigenvalue weighted by Crippen LogP contribution is 2.32. The summed E-state index contributed by atoms with van der Waals surface area (Å²) in [7, 11) is -3.61. The van der Waals surface area contributed by atoms with E-state index in [0.717, 1.165) is 18.7 Å². The number of nitrogens with zero attached hydrogens (tertiary/aromatic N) is 2. The average molecular weight is 306 g/mol. The standard InChI is InChI=1S/C14H18N4O2S/c1-2-13-16-10-14(17-13)21(19,20)18-9-5-8-15-11-6-3-4-7-12(11)18/h3-4,6-7,10,15H,2,5,8-9H2,1H3,(H,16,17). The van der Waals surface area contributed by atoms with Gasteiger partial charge in [-0.25, -0.2) is 4.98 Å². The number of H-pyrrole nitrogens is 1. The molecule has 0 unspecified atom stereocenters. The monoisotopic (exact) mass is 306 g/mol. The number of para-hydroxylation sites is 2. The van der Waals surface area contributed by atoms with Crippen LogP contribution in [0.1, 0.15) is 19.2 Å². The van der Waals surface area contributed by atoms with Gasteiger partial charge in [0.25, 0.3) is 10.0 Å². The van der Waals surface area contributed by atoms with E-state index in [0.29, 0.717) is 24.5 Å². The summed E-state index contributed by atoms with van der Waals surface area (Å²) in [6.45, 7) is 3.14. The van der Waals surface area contributed by atoms with Crippen molar-refractivity contribution in [2.75, 3.05) is 22.7 Å². The van der Waals surface area contributed by atoms with E-state index in [1.165, 1.54) is 10.5 Å². The molecule has 0 fully saturated rings. The van der Waals surface area contributed by atoms with E-state index in [1.807, 2.05) is 31.2 Å². The van der Waals surface area contributed by atoms with Gasteiger partial charge in [-0.1, -0.05) is 19.1 Å². The van der Waals surface area contributed by atoms with Gasteiger partial charge in [0.15, 0.2) is 5.03 Å². The van der Waals surface area contributed by atoms with Crippen LogP contribution in [0.4, 0.5) is 11.4 Å². The third-order valence-electron chi connectivity index (χ3n) is 3.53. The van der Waals surface area contributed by atoms with Gasteiger partial charge in [-0.05, 0) is 18.6 Å². The molecule has 0 amide bonds. The Hall–Kier alpha value is -2.02. The predicted molar refractivity (Wildman–Crippen MR) is 82.0 cm³/mol. The minimum Gasteiger partial charge on any atom is -0.383 e. The van der Waals surface area contributed by atoms with Crippen molar-refractivity contribution < 1.29 is 8.42 Å². The lowest BCUT2D eigenvalue weighted by Crippen LogP contribution is -2.32. The van der Waals surface area contributed by atoms with Crippen LogP contribution >= 0.6 is 0 Å². The Morgan fingerprint density at radius 2 is 2.14 bits per heavy atom. The Morgan fingerprint density at radius 1 is 1.33 bits per heavy atom. The Labute approximate surface area is 124 Å². The maximum atomic E-state index is 12.9. The number of anilines is 2. The molecule has 0 saturated heterocycles. The zero-order valence-corrected chi connectivity index (χ0v) is 12.7. The highest BCUT2D eigenvalue weighted by atomic mass is 32.2. The molecule has 0 bridgehead atoms. The fourth-order valence-electron chi connectivity index (χ4n) is 2.43. The van der Waals surface area contributed by atoms with Crippen molar-refractivity contribution in [1.29, 1.82) is 0 Å². The lowest BCUT2D eigenvalue weighted by Gasteiger charge is -2.23. The van der Waals surface area contributed by atoms with Crippen molar-refractivity contribution in [1.82, 2.24) is 9.97 Å². The maximum absolute atomic E-state index is 12.9. The Bertz CT molecular complexity index is 739. The normalized spacial score (nSPS) is 15.2. The molecule has 6 nitrogen and oxygen atoms in total. The largest absolute Gasteiger partial charge is 0.383 e. The average Bonchev–Trinajstić information content (AvgIpc) is 2.87. The number of benzene rings is 1. The highest BCUT2D eigenvalue weighted by molar-refractivity contribution is 7.92. The van der Waals surface area contributed by atoms with Crippen molar-refractivity contribution >= 4 is 21.4 Å². The van der Waals surface area contributed by atoms with Crippen LogP contribution < -0.4 is 9.62 Å². The molecule has 0 atom stereocenters. The van der Waals surface area contributed by atoms with Crippen molar-refractivity contribution in [2.24, 2.45) is 0 Å². The number of hydrogen-bond acceptors (Lipinski definition) is 4. The van der Waals surface area contributed by atoms with Gasteiger partial charge < -0.3 is 10.3 Å². The number of imidazole rings is 1. The van der Waals surface area contributed by atoms with Crippen LogP contribution in [-0.2, 0) is 16.4 Å². The topological polar surface area (TPSA) is 78.1 Å². The van der Waals surface area contributed by atoms with E-state index in [-0.39, 0.29) is 5.03 Å². The molecular weight excluding hydrogens is 288 g/mol. The van der Waals surface area contributed by atoms with Crippen LogP contribution in [0.2, 0.25) is 0 Å². The second-order valence-electron chi connectivity index (χ2n) is 4.92. The molecule has 2 aromatic rings. The minimum atomic E-state index is -3.61. The van der Waals surface area contributed by atoms with Crippen LogP contribution in [0, 0.1) is 0 Å². The van der Waals surface area contributed by atoms with Crippen molar-refractivity contribution in [2.45, 2.75) is 24.8 Å². The summed E-state index contributed by atoms with van der Waals surface area (Å²) >= 11 is 0. The summed E-state index contributed by atoms with van der Waals surface area (Å²) in [6, 6.07) is 7.46. The summed E-state index contributed by atoms with van der Waals surface area (Å²) in [5.74, 6) is 0.676. The van der Waals surface area contributed by atoms with Gasteiger partial charge in [-0.2, -0.15) is 8.42 Å². The lowest BCUT2D eigenvalue weighted by molar-refractivity contribution is 0.587. The number of aromatic amines is 1. The second-order valence-corrected chi connectivity index (χ2v) is 6.75. The third-order valence-corrected chi connectivity index (χ3v) is 5.26. The zero-order valence-electron chi connectivity index (χ0n) is 11.8. The van der Waals surface area contributed by atoms with Gasteiger partial charge in [0, 0.05) is 19.5 Å². The summed E-state index contributed by atoms with van der Waals surface area (Å²) in [5.41, 5.74) is 1.52. The van der Waals surface area contributed by atoms with Gasteiger partial charge in [-0.15, -0.1) is 0 Å². The summed E-state index contributed by atoms with van der Waals surface area (Å²) in [4.78, 5) is 6.99. The van der Waals surface area contributed by atoms with E-state index in [2.05, 4.69) is 15.3 Å². The van der Waals surface area contributed by atoms with Gasteiger partial charge in [0.2, 0.25) is 0 Å². The number of fused-ring (bicyclic) bond motifs is 1. The molecule has 21 heavy (non-hydrogen) atoms. The predicted octanol–water partition coefficient (Wildman–Crippen LogP) is 1.98. The van der Waals surface area contributed by atoms with Crippen LogP contribution in [-0.4, -0.2) is 31.5 Å². The van der Waals surface area contributed by atoms with Crippen molar-refractivity contribution in [3.05, 3.63) is 36.3 Å². The number of nitrogens with one attached hydrogen (secondary N) is 2. The summed E-state index contributed by atoms with van der Waals surface area (Å²) in [6.07, 6.45) is 2.82. The van der Waals surface area contributed by atoms with Crippen molar-refractivity contribution in [3.8, 4) is 0 Å². The van der Waals surface area contributed by atoms with Crippen LogP contribution in [0.5, 0.6) is 0 Å². The van der Waals surface area contributed by atoms with Gasteiger partial charge in [-0.3, -0.25) is 4.31 Å². The zero-order chi connectivity index (χ0) is 14.9. The molecule has 1 aliphatic rings. The Morgan fingerprint density at radius 3 is 2.90 bits per heavy atom. The highest BCUT2D eigenvalue weighted by Gasteiger charge is 2.29. The van der Waals surface area contributed by atoms with Crippen LogP contribution in [0.25, 0.3) is 0 Å². The molecular formula is C14H18N4O2S. The fourth-order valence-corrected chi connectivity index (χ4v) is 3.89. The fraction of sp³-hybridized carbons (Fsp3) is 0.357. The van der Waals surface area contributed by atoms with E-state index < -0.39 is 10.0 Å². The number of rotatable bonds is 3. The molecule has 1 aromatic heterocycles. The molecule has 1 aliphatic heterocycles. The van der Waals surface area contributed by atoms with Crippen LogP contribution in [0.15, 0.2) is 35.5 Å². The Balaban J connectivity index is 2.06. The molecule has 112 valence electrons. The first-order chi connectivity index (χ1) is 10.1. The summed E-state index contributed by atoms with van der Waals surface area (Å²) in [5, 5.41) is 3.41. The quantitative estimate of drug-likeness (QED) is 0.909. The van der Waals surface area contributed by atoms with Gasteiger partial charge >= 0.3 is 0 Å². The third kappa shape index (κ3) is 2.49. The first-order valence-corrected chi connectivity index (χ1v) is 8.46. The summed E-state index contributed by atoms with van der Waals surface area (Å²) < 4.78 is 27.2. The number of hydrogen-bond donors (Lipinski definition) is 2. The molecule has 1 aromatic carbocycles. The molecule has 7 heteroatoms. The van der Waals surface area contributed by atoms with E-state index in [9.17, 15) is 8.42 Å². The number of sulfonamides is 1. The van der Waals surface area contributed by atoms with Gasteiger partial charge in [0.05, 0.1) is 17.6 Å². The van der Waals surface area contributed by atoms with E-state index >= 15 is 0 Å². The second kappa shape index (κ2) is 5.40. The number of aromatic nitrogens is 2. The van der Waals surface area contributed by atoms with E-state index in [4.69, 9.17) is 0 Å². The molecule has 0 aliphatic carbocycles. The molecule has 2 heterocycles. The Kier molecular flexibility index (Phi) is 3.59. The molecule has 3 rings (SSSR count). The maximum Gasteiger partial charge on any atom is 0.281 e. The molecule has 0 radical (unpaired) electrons. The minimum absolute atomic E-state index is 0.149. The first-order valence-electron chi connectivity index (χ1n) is 7.02. The number of aryl methyl sites for hydroxylation is 1. The molecule has 0 saturated carbocycles. The lowest BCUT2D eigenvalue weighted by atomic mass is 10.2.